The van der Waals surface area contributed by atoms with Crippen molar-refractivity contribution < 1.29 is 14.3 Å². The van der Waals surface area contributed by atoms with Crippen LogP contribution >= 0.6 is 0 Å². The number of carbonyl (C=O) groups excluding carboxylic acids is 1. The number of rotatable bonds is 6. The van der Waals surface area contributed by atoms with Crippen LogP contribution in [0.4, 0.5) is 5.82 Å². The SMILES string of the molecule is CCCNC(=O)c1cc(NCc2ccc3c(c2)OCO3)nc2ccccc12. The number of aromatic nitrogens is 1. The standard InChI is InChI=1S/C21H21N3O3/c1-2-9-22-21(25)16-11-20(24-17-6-4-3-5-15(16)17)23-12-14-7-8-18-19(10-14)27-13-26-18/h3-8,10-11H,2,9,12-13H2,1H3,(H,22,25)(H,23,24). The van der Waals surface area contributed by atoms with Gasteiger partial charge in [-0.2, -0.15) is 0 Å². The summed E-state index contributed by atoms with van der Waals surface area (Å²) >= 11 is 0. The Bertz CT molecular complexity index is 988. The van der Waals surface area contributed by atoms with Crippen LogP contribution in [0.2, 0.25) is 0 Å². The molecule has 0 fully saturated rings. The highest BCUT2D eigenvalue weighted by Crippen LogP contribution is 2.32. The summed E-state index contributed by atoms with van der Waals surface area (Å²) in [6.07, 6.45) is 0.893. The minimum absolute atomic E-state index is 0.0819. The van der Waals surface area contributed by atoms with Crippen molar-refractivity contribution in [2.45, 2.75) is 19.9 Å². The summed E-state index contributed by atoms with van der Waals surface area (Å²) in [5.41, 5.74) is 2.46. The quantitative estimate of drug-likeness (QED) is 0.698. The van der Waals surface area contributed by atoms with Gasteiger partial charge in [-0.25, -0.2) is 4.98 Å². The number of nitrogens with one attached hydrogen (secondary N) is 2. The second kappa shape index (κ2) is 7.53. The monoisotopic (exact) mass is 363 g/mol. The fourth-order valence-corrected chi connectivity index (χ4v) is 3.03. The molecule has 2 N–H and O–H groups in total. The molecule has 3 aromatic rings. The molecule has 2 heterocycles. The minimum atomic E-state index is -0.0819. The molecule has 1 aliphatic rings. The zero-order chi connectivity index (χ0) is 18.6. The molecule has 4 rings (SSSR count). The van der Waals surface area contributed by atoms with E-state index in [9.17, 15) is 4.79 Å². The van der Waals surface area contributed by atoms with Crippen molar-refractivity contribution in [3.8, 4) is 11.5 Å². The van der Waals surface area contributed by atoms with Gasteiger partial charge in [0.25, 0.3) is 5.91 Å². The van der Waals surface area contributed by atoms with Gasteiger partial charge in [-0.1, -0.05) is 31.2 Å². The molecule has 1 amide bonds. The Balaban J connectivity index is 1.59. The second-order valence-electron chi connectivity index (χ2n) is 6.37. The Morgan fingerprint density at radius 2 is 1.96 bits per heavy atom. The molecule has 0 bridgehead atoms. The van der Waals surface area contributed by atoms with Gasteiger partial charge in [0.05, 0.1) is 11.1 Å². The van der Waals surface area contributed by atoms with Gasteiger partial charge in [0.15, 0.2) is 11.5 Å². The lowest BCUT2D eigenvalue weighted by Gasteiger charge is -2.12. The highest BCUT2D eigenvalue weighted by atomic mass is 16.7. The molecule has 0 saturated heterocycles. The molecule has 0 atom stereocenters. The lowest BCUT2D eigenvalue weighted by atomic mass is 10.1. The third-order valence-electron chi connectivity index (χ3n) is 4.41. The predicted molar refractivity (Wildman–Crippen MR) is 104 cm³/mol. The molecular weight excluding hydrogens is 342 g/mol. The number of hydrogen-bond donors (Lipinski definition) is 2. The largest absolute Gasteiger partial charge is 0.454 e. The summed E-state index contributed by atoms with van der Waals surface area (Å²) in [6, 6.07) is 15.3. The van der Waals surface area contributed by atoms with Crippen molar-refractivity contribution in [1.29, 1.82) is 0 Å². The maximum Gasteiger partial charge on any atom is 0.252 e. The molecule has 138 valence electrons. The van der Waals surface area contributed by atoms with E-state index in [0.717, 1.165) is 34.4 Å². The number of ether oxygens (including phenoxy) is 2. The number of carbonyl (C=O) groups is 1. The number of benzene rings is 2. The third kappa shape index (κ3) is 3.65. The summed E-state index contributed by atoms with van der Waals surface area (Å²) in [4.78, 5) is 17.2. The van der Waals surface area contributed by atoms with Gasteiger partial charge >= 0.3 is 0 Å². The Hall–Kier alpha value is -3.28. The van der Waals surface area contributed by atoms with Crippen LogP contribution < -0.4 is 20.1 Å². The van der Waals surface area contributed by atoms with Gasteiger partial charge in [0.1, 0.15) is 5.82 Å². The number of amides is 1. The Kier molecular flexibility index (Phi) is 4.78. The molecule has 6 heteroatoms. The molecule has 2 aromatic carbocycles. The van der Waals surface area contributed by atoms with Crippen LogP contribution in [0.3, 0.4) is 0 Å². The second-order valence-corrected chi connectivity index (χ2v) is 6.37. The molecule has 1 aliphatic heterocycles. The number of nitrogens with zero attached hydrogens (tertiary/aromatic N) is 1. The average molecular weight is 363 g/mol. The van der Waals surface area contributed by atoms with E-state index in [1.807, 2.05) is 49.4 Å². The van der Waals surface area contributed by atoms with Crippen molar-refractivity contribution in [2.75, 3.05) is 18.7 Å². The first-order valence-corrected chi connectivity index (χ1v) is 9.05. The molecule has 0 saturated carbocycles. The van der Waals surface area contributed by atoms with E-state index in [2.05, 4.69) is 15.6 Å². The first-order chi connectivity index (χ1) is 13.2. The van der Waals surface area contributed by atoms with Crippen molar-refractivity contribution in [1.82, 2.24) is 10.3 Å². The van der Waals surface area contributed by atoms with E-state index in [4.69, 9.17) is 9.47 Å². The maximum absolute atomic E-state index is 12.6. The summed E-state index contributed by atoms with van der Waals surface area (Å²) in [7, 11) is 0. The zero-order valence-electron chi connectivity index (χ0n) is 15.1. The van der Waals surface area contributed by atoms with Crippen LogP contribution in [0, 0.1) is 0 Å². The van der Waals surface area contributed by atoms with Gasteiger partial charge in [-0.05, 0) is 36.2 Å². The molecule has 27 heavy (non-hydrogen) atoms. The van der Waals surface area contributed by atoms with E-state index < -0.39 is 0 Å². The minimum Gasteiger partial charge on any atom is -0.454 e. The normalized spacial score (nSPS) is 12.2. The first-order valence-electron chi connectivity index (χ1n) is 9.05. The van der Waals surface area contributed by atoms with Crippen LogP contribution in [0.1, 0.15) is 29.3 Å². The van der Waals surface area contributed by atoms with E-state index >= 15 is 0 Å². The lowest BCUT2D eigenvalue weighted by Crippen LogP contribution is -2.24. The van der Waals surface area contributed by atoms with Crippen LogP contribution in [0.5, 0.6) is 11.5 Å². The fraction of sp³-hybridized carbons (Fsp3) is 0.238. The van der Waals surface area contributed by atoms with Gasteiger partial charge in [0.2, 0.25) is 6.79 Å². The predicted octanol–water partition coefficient (Wildman–Crippen LogP) is 3.72. The molecule has 0 radical (unpaired) electrons. The van der Waals surface area contributed by atoms with Crippen molar-refractivity contribution in [2.24, 2.45) is 0 Å². The van der Waals surface area contributed by atoms with E-state index in [0.29, 0.717) is 24.5 Å². The van der Waals surface area contributed by atoms with E-state index in [1.54, 1.807) is 6.07 Å². The van der Waals surface area contributed by atoms with Crippen molar-refractivity contribution in [3.63, 3.8) is 0 Å². The fourth-order valence-electron chi connectivity index (χ4n) is 3.03. The highest BCUT2D eigenvalue weighted by Gasteiger charge is 2.14. The molecule has 6 nitrogen and oxygen atoms in total. The van der Waals surface area contributed by atoms with E-state index in [-0.39, 0.29) is 12.7 Å². The average Bonchev–Trinajstić information content (AvgIpc) is 3.17. The van der Waals surface area contributed by atoms with E-state index in [1.165, 1.54) is 0 Å². The van der Waals surface area contributed by atoms with Gasteiger partial charge in [0, 0.05) is 18.5 Å². The number of pyridine rings is 1. The molecule has 0 spiro atoms. The number of hydrogen-bond acceptors (Lipinski definition) is 5. The van der Waals surface area contributed by atoms with Gasteiger partial charge < -0.3 is 20.1 Å². The van der Waals surface area contributed by atoms with Crippen molar-refractivity contribution >= 4 is 22.6 Å². The number of fused-ring (bicyclic) bond motifs is 2. The van der Waals surface area contributed by atoms with Gasteiger partial charge in [-0.3, -0.25) is 4.79 Å². The summed E-state index contributed by atoms with van der Waals surface area (Å²) < 4.78 is 10.8. The first kappa shape index (κ1) is 17.1. The van der Waals surface area contributed by atoms with Crippen molar-refractivity contribution in [3.05, 3.63) is 59.7 Å². The Morgan fingerprint density at radius 3 is 2.85 bits per heavy atom. The third-order valence-corrected chi connectivity index (χ3v) is 4.41. The molecule has 1 aromatic heterocycles. The van der Waals surface area contributed by atoms with Crippen LogP contribution in [0.15, 0.2) is 48.5 Å². The smallest absolute Gasteiger partial charge is 0.252 e. The lowest BCUT2D eigenvalue weighted by molar-refractivity contribution is 0.0955. The van der Waals surface area contributed by atoms with Crippen LogP contribution in [0.25, 0.3) is 10.9 Å². The van der Waals surface area contributed by atoms with Crippen LogP contribution in [-0.4, -0.2) is 24.2 Å². The summed E-state index contributed by atoms with van der Waals surface area (Å²) in [5, 5.41) is 7.10. The number of anilines is 1. The maximum atomic E-state index is 12.6. The highest BCUT2D eigenvalue weighted by molar-refractivity contribution is 6.06. The summed E-state index contributed by atoms with van der Waals surface area (Å²) in [6.45, 7) is 3.51. The Labute approximate surface area is 157 Å². The molecule has 0 aliphatic carbocycles. The topological polar surface area (TPSA) is 72.5 Å². The Morgan fingerprint density at radius 1 is 1.11 bits per heavy atom. The summed E-state index contributed by atoms with van der Waals surface area (Å²) in [5.74, 6) is 2.09. The van der Waals surface area contributed by atoms with Gasteiger partial charge in [-0.15, -0.1) is 0 Å². The molecular formula is C21H21N3O3. The zero-order valence-corrected chi connectivity index (χ0v) is 15.1. The molecule has 0 unspecified atom stereocenters. The van der Waals surface area contributed by atoms with Crippen LogP contribution in [-0.2, 0) is 6.54 Å². The number of para-hydroxylation sites is 1.